The molecule has 1 aliphatic rings. The molecule has 28 heavy (non-hydrogen) atoms. The van der Waals surface area contributed by atoms with Crippen LogP contribution in [0.5, 0.6) is 0 Å². The zero-order valence-electron chi connectivity index (χ0n) is 14.9. The molecule has 4 aromatic rings. The summed E-state index contributed by atoms with van der Waals surface area (Å²) in [6.07, 6.45) is 5.57. The van der Waals surface area contributed by atoms with Crippen molar-refractivity contribution in [3.63, 3.8) is 0 Å². The Bertz CT molecular complexity index is 1100. The fraction of sp³-hybridized carbons (Fsp3) is 0.150. The molecule has 4 heterocycles. The molecule has 0 fully saturated rings. The Morgan fingerprint density at radius 1 is 1.07 bits per heavy atom. The van der Waals surface area contributed by atoms with Gasteiger partial charge in [-0.3, -0.25) is 14.9 Å². The minimum atomic E-state index is -0.341. The van der Waals surface area contributed by atoms with Crippen LogP contribution >= 0.6 is 0 Å². The Kier molecular flexibility index (Phi) is 3.93. The van der Waals surface area contributed by atoms with E-state index in [9.17, 15) is 4.79 Å². The number of nitrogens with zero attached hydrogens (tertiary/aromatic N) is 5. The summed E-state index contributed by atoms with van der Waals surface area (Å²) in [6, 6.07) is 12.8. The van der Waals surface area contributed by atoms with Gasteiger partial charge in [0, 0.05) is 30.4 Å². The van der Waals surface area contributed by atoms with E-state index in [1.165, 1.54) is 6.33 Å². The number of fused-ring (bicyclic) bond motifs is 1. The van der Waals surface area contributed by atoms with E-state index < -0.39 is 0 Å². The highest BCUT2D eigenvalue weighted by Crippen LogP contribution is 2.34. The van der Waals surface area contributed by atoms with Crippen LogP contribution in [0.2, 0.25) is 0 Å². The topological polar surface area (TPSA) is 103 Å². The van der Waals surface area contributed by atoms with E-state index in [0.29, 0.717) is 17.9 Å². The van der Waals surface area contributed by atoms with Crippen LogP contribution < -0.4 is 0 Å². The van der Waals surface area contributed by atoms with Crippen molar-refractivity contribution < 1.29 is 4.79 Å². The van der Waals surface area contributed by atoms with Crippen molar-refractivity contribution in [3.8, 4) is 11.4 Å². The normalized spacial score (nSPS) is 16.0. The number of benzene rings is 1. The highest BCUT2D eigenvalue weighted by Gasteiger charge is 2.36. The molecular formula is C20H17N7O. The Labute approximate surface area is 160 Å². The summed E-state index contributed by atoms with van der Waals surface area (Å²) in [7, 11) is 0. The SMILES string of the molecule is O=C(c1ccccc1-c1ncn[nH]1)N1CCc2[nH]cnc2C1c1ccccn1. The van der Waals surface area contributed by atoms with Gasteiger partial charge in [-0.15, -0.1) is 0 Å². The van der Waals surface area contributed by atoms with Crippen molar-refractivity contribution >= 4 is 5.91 Å². The smallest absolute Gasteiger partial charge is 0.255 e. The lowest BCUT2D eigenvalue weighted by Gasteiger charge is -2.35. The molecule has 0 bridgehead atoms. The first-order valence-electron chi connectivity index (χ1n) is 9.01. The molecule has 5 rings (SSSR count). The molecule has 1 aromatic carbocycles. The largest absolute Gasteiger partial charge is 0.348 e. The molecule has 2 N–H and O–H groups in total. The second kappa shape index (κ2) is 6.73. The van der Waals surface area contributed by atoms with E-state index >= 15 is 0 Å². The zero-order valence-corrected chi connectivity index (χ0v) is 14.9. The predicted molar refractivity (Wildman–Crippen MR) is 101 cm³/mol. The number of hydrogen-bond donors (Lipinski definition) is 2. The summed E-state index contributed by atoms with van der Waals surface area (Å²) >= 11 is 0. The molecule has 1 atom stereocenters. The highest BCUT2D eigenvalue weighted by molar-refractivity contribution is 6.00. The molecule has 1 unspecified atom stereocenters. The summed E-state index contributed by atoms with van der Waals surface area (Å²) in [5.74, 6) is 0.479. The Balaban J connectivity index is 1.60. The zero-order chi connectivity index (χ0) is 18.9. The lowest BCUT2D eigenvalue weighted by molar-refractivity contribution is 0.0688. The van der Waals surface area contributed by atoms with Crippen molar-refractivity contribution in [1.29, 1.82) is 0 Å². The Hall–Kier alpha value is -3.81. The van der Waals surface area contributed by atoms with Gasteiger partial charge in [0.25, 0.3) is 5.91 Å². The standard InChI is InChI=1S/C20H17N7O/c28-20(14-6-2-1-5-13(14)19-24-12-25-26-19)27-10-8-15-17(23-11-22-15)18(27)16-7-3-4-9-21-16/h1-7,9,11-12,18H,8,10H2,(H,22,23)(H,24,25,26). The monoisotopic (exact) mass is 371 g/mol. The molecule has 138 valence electrons. The van der Waals surface area contributed by atoms with Crippen LogP contribution in [-0.4, -0.2) is 47.5 Å². The van der Waals surface area contributed by atoms with Gasteiger partial charge in [0.15, 0.2) is 5.82 Å². The average Bonchev–Trinajstić information content (AvgIpc) is 3.45. The molecule has 0 spiro atoms. The molecule has 1 aliphatic heterocycles. The van der Waals surface area contributed by atoms with Gasteiger partial charge in [0.1, 0.15) is 12.4 Å². The van der Waals surface area contributed by atoms with Crippen molar-refractivity contribution in [1.82, 2.24) is 35.0 Å². The lowest BCUT2D eigenvalue weighted by Crippen LogP contribution is -2.41. The van der Waals surface area contributed by atoms with Crippen LogP contribution in [0.15, 0.2) is 61.3 Å². The third-order valence-electron chi connectivity index (χ3n) is 4.98. The fourth-order valence-corrected chi connectivity index (χ4v) is 3.70. The van der Waals surface area contributed by atoms with Gasteiger partial charge in [0.05, 0.1) is 23.3 Å². The molecular weight excluding hydrogens is 354 g/mol. The quantitative estimate of drug-likeness (QED) is 0.575. The number of imidazole rings is 1. The maximum Gasteiger partial charge on any atom is 0.255 e. The second-order valence-electron chi connectivity index (χ2n) is 6.55. The molecule has 0 saturated heterocycles. The van der Waals surface area contributed by atoms with Gasteiger partial charge in [-0.25, -0.2) is 9.97 Å². The van der Waals surface area contributed by atoms with E-state index in [1.807, 2.05) is 47.4 Å². The van der Waals surface area contributed by atoms with Crippen LogP contribution in [0.1, 0.15) is 33.5 Å². The van der Waals surface area contributed by atoms with Crippen molar-refractivity contribution in [2.24, 2.45) is 0 Å². The first kappa shape index (κ1) is 16.4. The Morgan fingerprint density at radius 3 is 2.79 bits per heavy atom. The summed E-state index contributed by atoms with van der Waals surface area (Å²) in [4.78, 5) is 31.9. The number of hydrogen-bond acceptors (Lipinski definition) is 5. The maximum absolute atomic E-state index is 13.6. The number of carbonyl (C=O) groups is 1. The van der Waals surface area contributed by atoms with E-state index in [1.54, 1.807) is 12.5 Å². The molecule has 0 aliphatic carbocycles. The second-order valence-corrected chi connectivity index (χ2v) is 6.55. The number of aromatic amines is 2. The number of carbonyl (C=O) groups excluding carboxylic acids is 1. The van der Waals surface area contributed by atoms with Gasteiger partial charge in [0.2, 0.25) is 0 Å². The minimum Gasteiger partial charge on any atom is -0.348 e. The van der Waals surface area contributed by atoms with E-state index in [-0.39, 0.29) is 11.9 Å². The summed E-state index contributed by atoms with van der Waals surface area (Å²) < 4.78 is 0. The third kappa shape index (κ3) is 2.66. The van der Waals surface area contributed by atoms with Crippen molar-refractivity contribution in [2.45, 2.75) is 12.5 Å². The van der Waals surface area contributed by atoms with Crippen molar-refractivity contribution in [3.05, 3.63) is 84.0 Å². The summed E-state index contributed by atoms with van der Waals surface area (Å²) in [5.41, 5.74) is 3.97. The summed E-state index contributed by atoms with van der Waals surface area (Å²) in [5, 5.41) is 6.76. The van der Waals surface area contributed by atoms with Gasteiger partial charge < -0.3 is 9.88 Å². The average molecular weight is 371 g/mol. The lowest BCUT2D eigenvalue weighted by atomic mass is 9.97. The predicted octanol–water partition coefficient (Wildman–Crippen LogP) is 2.38. The van der Waals surface area contributed by atoms with Crippen LogP contribution in [0.25, 0.3) is 11.4 Å². The van der Waals surface area contributed by atoms with E-state index in [4.69, 9.17) is 0 Å². The highest BCUT2D eigenvalue weighted by atomic mass is 16.2. The number of aromatic nitrogens is 6. The van der Waals surface area contributed by atoms with E-state index in [0.717, 1.165) is 29.1 Å². The fourth-order valence-electron chi connectivity index (χ4n) is 3.70. The first-order chi connectivity index (χ1) is 13.8. The van der Waals surface area contributed by atoms with Gasteiger partial charge in [-0.05, 0) is 18.2 Å². The number of H-pyrrole nitrogens is 2. The summed E-state index contributed by atoms with van der Waals surface area (Å²) in [6.45, 7) is 0.569. The number of pyridine rings is 1. The molecule has 1 amide bonds. The van der Waals surface area contributed by atoms with Crippen molar-refractivity contribution in [2.75, 3.05) is 6.54 Å². The van der Waals surface area contributed by atoms with Gasteiger partial charge in [-0.2, -0.15) is 5.10 Å². The van der Waals surface area contributed by atoms with Gasteiger partial charge in [-0.1, -0.05) is 24.3 Å². The molecule has 8 heteroatoms. The molecule has 8 nitrogen and oxygen atoms in total. The third-order valence-corrected chi connectivity index (χ3v) is 4.98. The van der Waals surface area contributed by atoms with Gasteiger partial charge >= 0.3 is 0 Å². The Morgan fingerprint density at radius 2 is 1.96 bits per heavy atom. The molecule has 0 saturated carbocycles. The van der Waals surface area contributed by atoms with Crippen LogP contribution in [-0.2, 0) is 6.42 Å². The van der Waals surface area contributed by atoms with Crippen LogP contribution in [0, 0.1) is 0 Å². The molecule has 0 radical (unpaired) electrons. The number of amides is 1. The number of rotatable bonds is 3. The maximum atomic E-state index is 13.6. The minimum absolute atomic E-state index is 0.0868. The van der Waals surface area contributed by atoms with Crippen LogP contribution in [0.3, 0.4) is 0 Å². The van der Waals surface area contributed by atoms with Crippen LogP contribution in [0.4, 0.5) is 0 Å². The first-order valence-corrected chi connectivity index (χ1v) is 9.01. The van der Waals surface area contributed by atoms with E-state index in [2.05, 4.69) is 30.1 Å². The number of nitrogens with one attached hydrogen (secondary N) is 2. The molecule has 3 aromatic heterocycles.